The molecule has 226 valence electrons. The van der Waals surface area contributed by atoms with Crippen molar-refractivity contribution in [3.8, 4) is 11.1 Å². The first kappa shape index (κ1) is 29.2. The van der Waals surface area contributed by atoms with E-state index in [0.29, 0.717) is 12.0 Å². The van der Waals surface area contributed by atoms with E-state index in [1.165, 1.54) is 62.6 Å². The van der Waals surface area contributed by atoms with Crippen LogP contribution in [0, 0.1) is 5.92 Å². The highest BCUT2D eigenvalue weighted by atomic mass is 15.2. The summed E-state index contributed by atoms with van der Waals surface area (Å²) in [5, 5.41) is 0. The largest absolute Gasteiger partial charge is 0.347 e. The van der Waals surface area contributed by atoms with Gasteiger partial charge in [0, 0.05) is 46.9 Å². The van der Waals surface area contributed by atoms with Crippen molar-refractivity contribution >= 4 is 22.6 Å². The smallest absolute Gasteiger partial charge is 0.0632 e. The zero-order chi connectivity index (χ0) is 30.8. The second-order valence-corrected chi connectivity index (χ2v) is 12.9. The zero-order valence-electron chi connectivity index (χ0n) is 26.9. The Morgan fingerprint density at radius 2 is 1.44 bits per heavy atom. The Morgan fingerprint density at radius 3 is 2.22 bits per heavy atom. The van der Waals surface area contributed by atoms with Crippen LogP contribution in [0.15, 0.2) is 139 Å². The molecule has 2 nitrogen and oxygen atoms in total. The first-order chi connectivity index (χ1) is 22.1. The fourth-order valence-electron chi connectivity index (χ4n) is 7.52. The maximum atomic E-state index is 2.53. The van der Waals surface area contributed by atoms with E-state index in [9.17, 15) is 0 Å². The second-order valence-electron chi connectivity index (χ2n) is 12.9. The Morgan fingerprint density at radius 1 is 0.733 bits per heavy atom. The van der Waals surface area contributed by atoms with Gasteiger partial charge in [-0.2, -0.15) is 0 Å². The highest BCUT2D eigenvalue weighted by molar-refractivity contribution is 5.93. The van der Waals surface area contributed by atoms with Gasteiger partial charge in [0.25, 0.3) is 0 Å². The van der Waals surface area contributed by atoms with Crippen molar-refractivity contribution in [1.29, 1.82) is 0 Å². The molecule has 2 aliphatic carbocycles. The average Bonchev–Trinajstić information content (AvgIpc) is 3.42. The predicted molar refractivity (Wildman–Crippen MR) is 193 cm³/mol. The van der Waals surface area contributed by atoms with Crippen molar-refractivity contribution in [2.75, 3.05) is 16.8 Å². The first-order valence-corrected chi connectivity index (χ1v) is 16.8. The van der Waals surface area contributed by atoms with Gasteiger partial charge in [-0.15, -0.1) is 0 Å². The molecule has 4 aromatic rings. The standard InChI is InChI=1S/C43H44N2/c1-4-11-32-20-25-35(26-21-32)37-12-5-8-15-41(37)44(3)40-29-24-34(30-31(40)2)19-18-33-22-27-36(28-23-33)45-42-16-9-6-13-38(42)39-14-7-10-17-43(39)45/h5-10,12-16,20-29,31,43H,4,11,17-19,30H2,1-3H3. The Kier molecular flexibility index (Phi) is 8.31. The summed E-state index contributed by atoms with van der Waals surface area (Å²) in [5.41, 5.74) is 15.0. The predicted octanol–water partition coefficient (Wildman–Crippen LogP) is 11.1. The molecule has 0 spiro atoms. The first-order valence-electron chi connectivity index (χ1n) is 16.8. The van der Waals surface area contributed by atoms with Crippen molar-refractivity contribution in [1.82, 2.24) is 0 Å². The third-order valence-corrected chi connectivity index (χ3v) is 9.89. The van der Waals surface area contributed by atoms with E-state index in [0.717, 1.165) is 32.1 Å². The summed E-state index contributed by atoms with van der Waals surface area (Å²) in [6, 6.07) is 36.5. The van der Waals surface area contributed by atoms with Gasteiger partial charge < -0.3 is 9.80 Å². The van der Waals surface area contributed by atoms with Crippen LogP contribution in [0.1, 0.15) is 56.2 Å². The number of benzene rings is 4. The van der Waals surface area contributed by atoms with Crippen LogP contribution >= 0.6 is 0 Å². The number of hydrogen-bond acceptors (Lipinski definition) is 2. The summed E-state index contributed by atoms with van der Waals surface area (Å²) in [6.45, 7) is 4.62. The Bertz CT molecular complexity index is 1780. The van der Waals surface area contributed by atoms with Crippen LogP contribution in [0.25, 0.3) is 16.7 Å². The van der Waals surface area contributed by atoms with E-state index in [2.05, 4.69) is 158 Å². The van der Waals surface area contributed by atoms with Crippen LogP contribution in [0.4, 0.5) is 17.1 Å². The monoisotopic (exact) mass is 588 g/mol. The van der Waals surface area contributed by atoms with Crippen molar-refractivity contribution in [3.63, 3.8) is 0 Å². The molecular formula is C43H44N2. The molecule has 3 aliphatic rings. The van der Waals surface area contributed by atoms with E-state index in [1.807, 2.05) is 0 Å². The van der Waals surface area contributed by atoms with Gasteiger partial charge in [0.15, 0.2) is 0 Å². The second kappa shape index (κ2) is 12.8. The minimum Gasteiger partial charge on any atom is -0.347 e. The molecule has 0 N–H and O–H groups in total. The van der Waals surface area contributed by atoms with Crippen molar-refractivity contribution in [2.45, 2.75) is 58.4 Å². The van der Waals surface area contributed by atoms with Crippen molar-refractivity contribution in [2.24, 2.45) is 5.92 Å². The molecule has 4 aromatic carbocycles. The van der Waals surface area contributed by atoms with E-state index in [4.69, 9.17) is 0 Å². The van der Waals surface area contributed by atoms with E-state index >= 15 is 0 Å². The lowest BCUT2D eigenvalue weighted by Crippen LogP contribution is -2.27. The summed E-state index contributed by atoms with van der Waals surface area (Å²) >= 11 is 0. The SMILES string of the molecule is CCCc1ccc(-c2ccccc2N(C)C2=CC=C(CCc3ccc(N4c5ccccc5C5=CC=CCC54)cc3)CC2C)cc1. The molecule has 1 aliphatic heterocycles. The van der Waals surface area contributed by atoms with Gasteiger partial charge in [0.1, 0.15) is 0 Å². The van der Waals surface area contributed by atoms with Crippen molar-refractivity contribution < 1.29 is 0 Å². The lowest BCUT2D eigenvalue weighted by Gasteiger charge is -2.32. The number of rotatable bonds is 9. The topological polar surface area (TPSA) is 6.48 Å². The minimum atomic E-state index is 0.393. The van der Waals surface area contributed by atoms with Crippen LogP contribution in [0.3, 0.4) is 0 Å². The van der Waals surface area contributed by atoms with Gasteiger partial charge >= 0.3 is 0 Å². The minimum absolute atomic E-state index is 0.393. The fraction of sp³-hybridized carbons (Fsp3) is 0.256. The molecule has 2 heteroatoms. The van der Waals surface area contributed by atoms with Gasteiger partial charge in [0.05, 0.1) is 6.04 Å². The summed E-state index contributed by atoms with van der Waals surface area (Å²) in [6.07, 6.45) is 18.2. The Hall–Kier alpha value is -4.56. The molecule has 0 saturated heterocycles. The Balaban J connectivity index is 1.03. The van der Waals surface area contributed by atoms with Gasteiger partial charge in [0.2, 0.25) is 0 Å². The van der Waals surface area contributed by atoms with Crippen LogP contribution in [-0.2, 0) is 12.8 Å². The molecule has 0 bridgehead atoms. The molecule has 0 amide bonds. The van der Waals surface area contributed by atoms with Crippen molar-refractivity contribution in [3.05, 3.63) is 155 Å². The number of hydrogen-bond donors (Lipinski definition) is 0. The van der Waals surface area contributed by atoms with Gasteiger partial charge in [-0.3, -0.25) is 0 Å². The fourth-order valence-corrected chi connectivity index (χ4v) is 7.52. The number of aryl methyl sites for hydroxylation is 2. The highest BCUT2D eigenvalue weighted by Gasteiger charge is 2.34. The number of para-hydroxylation sites is 2. The highest BCUT2D eigenvalue weighted by Crippen LogP contribution is 2.47. The molecule has 0 radical (unpaired) electrons. The van der Waals surface area contributed by atoms with E-state index < -0.39 is 0 Å². The normalized spacial score (nSPS) is 18.6. The quantitative estimate of drug-likeness (QED) is 0.192. The maximum Gasteiger partial charge on any atom is 0.0632 e. The summed E-state index contributed by atoms with van der Waals surface area (Å²) in [7, 11) is 2.23. The molecule has 0 aromatic heterocycles. The average molecular weight is 589 g/mol. The molecule has 45 heavy (non-hydrogen) atoms. The molecule has 2 unspecified atom stereocenters. The third-order valence-electron chi connectivity index (χ3n) is 9.89. The van der Waals surface area contributed by atoms with Crippen LogP contribution in [-0.4, -0.2) is 13.1 Å². The van der Waals surface area contributed by atoms with Crippen LogP contribution in [0.5, 0.6) is 0 Å². The molecule has 2 atom stereocenters. The molecule has 7 rings (SSSR count). The summed E-state index contributed by atoms with van der Waals surface area (Å²) in [4.78, 5) is 4.94. The molecular weight excluding hydrogens is 544 g/mol. The lowest BCUT2D eigenvalue weighted by atomic mass is 9.88. The maximum absolute atomic E-state index is 2.53. The van der Waals surface area contributed by atoms with Gasteiger partial charge in [-0.1, -0.05) is 123 Å². The summed E-state index contributed by atoms with van der Waals surface area (Å²) in [5.74, 6) is 0.472. The Labute approximate surface area is 269 Å². The van der Waals surface area contributed by atoms with Gasteiger partial charge in [-0.25, -0.2) is 0 Å². The molecule has 0 fully saturated rings. The number of nitrogens with zero attached hydrogens (tertiary/aromatic N) is 2. The van der Waals surface area contributed by atoms with E-state index in [1.54, 1.807) is 5.57 Å². The number of anilines is 3. The lowest BCUT2D eigenvalue weighted by molar-refractivity contribution is 0.622. The number of fused-ring (bicyclic) bond motifs is 3. The van der Waals surface area contributed by atoms with E-state index in [-0.39, 0.29) is 0 Å². The summed E-state index contributed by atoms with van der Waals surface area (Å²) < 4.78 is 0. The van der Waals surface area contributed by atoms with Gasteiger partial charge in [-0.05, 0) is 84.7 Å². The molecule has 1 heterocycles. The zero-order valence-corrected chi connectivity index (χ0v) is 26.9. The van der Waals surface area contributed by atoms with Crippen LogP contribution < -0.4 is 9.80 Å². The number of allylic oxidation sites excluding steroid dienone is 6. The van der Waals surface area contributed by atoms with Crippen LogP contribution in [0.2, 0.25) is 0 Å². The molecule has 0 saturated carbocycles. The third kappa shape index (κ3) is 5.82.